The number of thiazole rings is 1. The fourth-order valence-corrected chi connectivity index (χ4v) is 3.47. The van der Waals surface area contributed by atoms with Gasteiger partial charge in [0.25, 0.3) is 0 Å². The van der Waals surface area contributed by atoms with Crippen molar-refractivity contribution in [3.8, 4) is 28.5 Å². The number of hydrogen-bond donors (Lipinski definition) is 1. The zero-order valence-corrected chi connectivity index (χ0v) is 17.1. The number of anilines is 1. The second-order valence-corrected chi connectivity index (χ2v) is 7.15. The van der Waals surface area contributed by atoms with Crippen molar-refractivity contribution in [1.29, 1.82) is 0 Å². The summed E-state index contributed by atoms with van der Waals surface area (Å²) < 4.78 is 16.0. The van der Waals surface area contributed by atoms with E-state index in [0.29, 0.717) is 17.2 Å². The monoisotopic (exact) mass is 398 g/mol. The van der Waals surface area contributed by atoms with Gasteiger partial charge >= 0.3 is 0 Å². The summed E-state index contributed by atoms with van der Waals surface area (Å²) in [5.41, 5.74) is 3.46. The molecule has 7 heteroatoms. The van der Waals surface area contributed by atoms with E-state index in [9.17, 15) is 4.79 Å². The van der Waals surface area contributed by atoms with Gasteiger partial charge in [-0.2, -0.15) is 0 Å². The van der Waals surface area contributed by atoms with Crippen LogP contribution in [0.2, 0.25) is 0 Å². The van der Waals surface area contributed by atoms with E-state index < -0.39 is 0 Å². The number of ether oxygens (including phenoxy) is 3. The Bertz CT molecular complexity index is 942. The molecular weight excluding hydrogens is 376 g/mol. The highest BCUT2D eigenvalue weighted by Gasteiger charge is 2.15. The molecule has 6 nitrogen and oxygen atoms in total. The number of aromatic nitrogens is 1. The first-order valence-corrected chi connectivity index (χ1v) is 9.53. The molecule has 28 heavy (non-hydrogen) atoms. The van der Waals surface area contributed by atoms with Crippen LogP contribution in [-0.2, 0) is 11.2 Å². The maximum absolute atomic E-state index is 12.5. The van der Waals surface area contributed by atoms with Crippen molar-refractivity contribution in [1.82, 2.24) is 4.98 Å². The van der Waals surface area contributed by atoms with Crippen LogP contribution < -0.4 is 19.5 Å². The van der Waals surface area contributed by atoms with Crippen molar-refractivity contribution in [3.63, 3.8) is 0 Å². The van der Waals surface area contributed by atoms with Crippen molar-refractivity contribution >= 4 is 22.9 Å². The Morgan fingerprint density at radius 2 is 1.68 bits per heavy atom. The molecule has 0 aliphatic rings. The van der Waals surface area contributed by atoms with Crippen LogP contribution in [0, 0.1) is 6.92 Å². The van der Waals surface area contributed by atoms with E-state index >= 15 is 0 Å². The molecule has 0 radical (unpaired) electrons. The van der Waals surface area contributed by atoms with Crippen LogP contribution in [0.25, 0.3) is 11.3 Å². The van der Waals surface area contributed by atoms with Gasteiger partial charge in [0, 0.05) is 16.6 Å². The van der Waals surface area contributed by atoms with Crippen molar-refractivity contribution in [2.24, 2.45) is 0 Å². The highest BCUT2D eigenvalue weighted by molar-refractivity contribution is 7.09. The van der Waals surface area contributed by atoms with Gasteiger partial charge in [-0.05, 0) is 36.8 Å². The van der Waals surface area contributed by atoms with Gasteiger partial charge in [-0.3, -0.25) is 4.79 Å². The van der Waals surface area contributed by atoms with Crippen molar-refractivity contribution in [2.45, 2.75) is 13.3 Å². The van der Waals surface area contributed by atoms with Crippen LogP contribution in [0.4, 0.5) is 5.69 Å². The Hall–Kier alpha value is -3.06. The molecule has 1 aromatic heterocycles. The lowest BCUT2D eigenvalue weighted by molar-refractivity contribution is -0.115. The summed E-state index contributed by atoms with van der Waals surface area (Å²) in [7, 11) is 4.64. The normalized spacial score (nSPS) is 10.4. The van der Waals surface area contributed by atoms with Crippen molar-refractivity contribution in [3.05, 3.63) is 52.3 Å². The lowest BCUT2D eigenvalue weighted by Gasteiger charge is -2.14. The molecular formula is C21H22N2O4S. The first kappa shape index (κ1) is 19.7. The number of nitrogens with zero attached hydrogens (tertiary/aromatic N) is 1. The highest BCUT2D eigenvalue weighted by atomic mass is 32.1. The number of nitrogens with one attached hydrogen (secondary N) is 1. The minimum atomic E-state index is -0.133. The average Bonchev–Trinajstić information content (AvgIpc) is 3.13. The molecule has 3 aromatic rings. The predicted octanol–water partition coefficient (Wildman–Crippen LogP) is 4.33. The molecule has 0 aliphatic carbocycles. The number of carbonyl (C=O) groups is 1. The fourth-order valence-electron chi connectivity index (χ4n) is 2.85. The van der Waals surface area contributed by atoms with E-state index in [1.807, 2.05) is 36.6 Å². The molecule has 146 valence electrons. The maximum Gasteiger partial charge on any atom is 0.228 e. The largest absolute Gasteiger partial charge is 0.493 e. The Morgan fingerprint density at radius 1 is 1.04 bits per heavy atom. The third-order valence-corrected chi connectivity index (χ3v) is 4.95. The molecule has 1 N–H and O–H groups in total. The van der Waals surface area contributed by atoms with Gasteiger partial charge in [-0.25, -0.2) is 4.98 Å². The molecule has 0 fully saturated rings. The smallest absolute Gasteiger partial charge is 0.228 e. The number of rotatable bonds is 7. The van der Waals surface area contributed by atoms with Gasteiger partial charge in [-0.15, -0.1) is 11.3 Å². The van der Waals surface area contributed by atoms with Gasteiger partial charge in [0.15, 0.2) is 11.5 Å². The van der Waals surface area contributed by atoms with Crippen LogP contribution >= 0.6 is 11.3 Å². The molecule has 2 aromatic carbocycles. The summed E-state index contributed by atoms with van der Waals surface area (Å²) in [6.45, 7) is 1.98. The lowest BCUT2D eigenvalue weighted by atomic mass is 10.1. The van der Waals surface area contributed by atoms with Gasteiger partial charge in [0.1, 0.15) is 0 Å². The first-order valence-electron chi connectivity index (χ1n) is 8.65. The van der Waals surface area contributed by atoms with Crippen molar-refractivity contribution < 1.29 is 19.0 Å². The zero-order valence-electron chi connectivity index (χ0n) is 16.2. The highest BCUT2D eigenvalue weighted by Crippen LogP contribution is 2.38. The van der Waals surface area contributed by atoms with E-state index in [4.69, 9.17) is 14.2 Å². The molecule has 0 unspecified atom stereocenters. The quantitative estimate of drug-likeness (QED) is 0.642. The Labute approximate surface area is 168 Å². The summed E-state index contributed by atoms with van der Waals surface area (Å²) in [5.74, 6) is 1.41. The Morgan fingerprint density at radius 3 is 2.18 bits per heavy atom. The second-order valence-electron chi connectivity index (χ2n) is 6.09. The predicted molar refractivity (Wildman–Crippen MR) is 111 cm³/mol. The van der Waals surface area contributed by atoms with Gasteiger partial charge in [0.2, 0.25) is 11.7 Å². The first-order chi connectivity index (χ1) is 13.5. The van der Waals surface area contributed by atoms with Gasteiger partial charge in [0.05, 0.1) is 38.5 Å². The van der Waals surface area contributed by atoms with Gasteiger partial charge < -0.3 is 19.5 Å². The SMILES string of the molecule is COc1cc(CC(=O)Nc2ccc(-c3csc(C)n3)cc2)cc(OC)c1OC. The zero-order chi connectivity index (χ0) is 20.1. The number of carbonyl (C=O) groups excluding carboxylic acids is 1. The summed E-state index contributed by atoms with van der Waals surface area (Å²) in [6.07, 6.45) is 0.184. The minimum Gasteiger partial charge on any atom is -0.493 e. The number of amides is 1. The van der Waals surface area contributed by atoms with Crippen LogP contribution in [-0.4, -0.2) is 32.2 Å². The van der Waals surface area contributed by atoms with Crippen LogP contribution in [0.5, 0.6) is 17.2 Å². The maximum atomic E-state index is 12.5. The minimum absolute atomic E-state index is 0.133. The molecule has 3 rings (SSSR count). The molecule has 0 saturated heterocycles. The number of hydrogen-bond acceptors (Lipinski definition) is 6. The Kier molecular flexibility index (Phi) is 6.16. The third-order valence-electron chi connectivity index (χ3n) is 4.17. The van der Waals surface area contributed by atoms with E-state index in [-0.39, 0.29) is 12.3 Å². The van der Waals surface area contributed by atoms with E-state index in [0.717, 1.165) is 27.5 Å². The molecule has 1 amide bonds. The molecule has 0 atom stereocenters. The summed E-state index contributed by atoms with van der Waals surface area (Å²) in [4.78, 5) is 16.9. The van der Waals surface area contributed by atoms with Gasteiger partial charge in [-0.1, -0.05) is 12.1 Å². The van der Waals surface area contributed by atoms with Crippen molar-refractivity contribution in [2.75, 3.05) is 26.6 Å². The van der Waals surface area contributed by atoms with E-state index in [2.05, 4.69) is 10.3 Å². The molecule has 0 bridgehead atoms. The lowest BCUT2D eigenvalue weighted by Crippen LogP contribution is -2.14. The number of methoxy groups -OCH3 is 3. The van der Waals surface area contributed by atoms with Crippen LogP contribution in [0.1, 0.15) is 10.6 Å². The molecule has 0 spiro atoms. The molecule has 0 saturated carbocycles. The Balaban J connectivity index is 1.70. The number of benzene rings is 2. The second kappa shape index (κ2) is 8.75. The standard InChI is InChI=1S/C21H22N2O4S/c1-13-22-17(12-28-13)15-5-7-16(8-6-15)23-20(24)11-14-9-18(25-2)21(27-4)19(10-14)26-3/h5-10,12H,11H2,1-4H3,(H,23,24). The summed E-state index contributed by atoms with van der Waals surface area (Å²) in [6, 6.07) is 11.2. The molecule has 1 heterocycles. The van der Waals surface area contributed by atoms with E-state index in [1.54, 1.807) is 44.8 Å². The van der Waals surface area contributed by atoms with E-state index in [1.165, 1.54) is 0 Å². The molecule has 0 aliphatic heterocycles. The van der Waals surface area contributed by atoms with Crippen LogP contribution in [0.3, 0.4) is 0 Å². The number of aryl methyl sites for hydroxylation is 1. The van der Waals surface area contributed by atoms with Crippen LogP contribution in [0.15, 0.2) is 41.8 Å². The summed E-state index contributed by atoms with van der Waals surface area (Å²) in [5, 5.41) is 5.96. The third kappa shape index (κ3) is 4.43. The topological polar surface area (TPSA) is 69.7 Å². The summed E-state index contributed by atoms with van der Waals surface area (Å²) >= 11 is 1.61. The fraction of sp³-hybridized carbons (Fsp3) is 0.238. The average molecular weight is 398 g/mol.